The molecule has 1 atom stereocenters. The maximum Gasteiger partial charge on any atom is 0.407 e. The zero-order chi connectivity index (χ0) is 23.9. The summed E-state index contributed by atoms with van der Waals surface area (Å²) in [5.41, 5.74) is 6.16. The van der Waals surface area contributed by atoms with E-state index in [4.69, 9.17) is 15.2 Å². The summed E-state index contributed by atoms with van der Waals surface area (Å²) >= 11 is 0. The number of hydrogen-bond donors (Lipinski definition) is 3. The Morgan fingerprint density at radius 2 is 1.68 bits per heavy atom. The van der Waals surface area contributed by atoms with Gasteiger partial charge in [-0.2, -0.15) is 0 Å². The van der Waals surface area contributed by atoms with E-state index in [1.54, 1.807) is 0 Å². The zero-order valence-corrected chi connectivity index (χ0v) is 19.7. The Labute approximate surface area is 186 Å². The van der Waals surface area contributed by atoms with Crippen molar-refractivity contribution in [1.82, 2.24) is 10.6 Å². The Morgan fingerprint density at radius 3 is 2.19 bits per heavy atom. The van der Waals surface area contributed by atoms with Crippen molar-refractivity contribution < 1.29 is 23.9 Å². The first-order valence-electron chi connectivity index (χ1n) is 10.7. The fourth-order valence-corrected chi connectivity index (χ4v) is 2.05. The van der Waals surface area contributed by atoms with E-state index in [1.807, 2.05) is 65.0 Å². The maximum atomic E-state index is 11.5. The summed E-state index contributed by atoms with van der Waals surface area (Å²) in [6.45, 7) is 12.1. The van der Waals surface area contributed by atoms with Gasteiger partial charge >= 0.3 is 12.1 Å². The number of nitrogens with two attached hydrogens (primary N) is 1. The summed E-state index contributed by atoms with van der Waals surface area (Å²) in [7, 11) is 0. The summed E-state index contributed by atoms with van der Waals surface area (Å²) in [6.07, 6.45) is 1.76. The van der Waals surface area contributed by atoms with Crippen LogP contribution in [-0.2, 0) is 25.7 Å². The molecule has 0 spiro atoms. The number of amides is 2. The molecule has 4 N–H and O–H groups in total. The molecular formula is C23H39N3O5. The van der Waals surface area contributed by atoms with Gasteiger partial charge in [-0.3, -0.25) is 9.59 Å². The average molecular weight is 438 g/mol. The van der Waals surface area contributed by atoms with Gasteiger partial charge < -0.3 is 25.8 Å². The maximum absolute atomic E-state index is 11.5. The molecule has 8 nitrogen and oxygen atoms in total. The first kappa shape index (κ1) is 28.4. The summed E-state index contributed by atoms with van der Waals surface area (Å²) in [4.78, 5) is 34.0. The lowest BCUT2D eigenvalue weighted by Crippen LogP contribution is -2.45. The highest BCUT2D eigenvalue weighted by molar-refractivity contribution is 5.85. The third-order valence-corrected chi connectivity index (χ3v) is 3.87. The number of carbonyl (C=O) groups is 3. The van der Waals surface area contributed by atoms with Crippen LogP contribution in [0, 0.1) is 5.92 Å². The lowest BCUT2D eigenvalue weighted by atomic mass is 10.1. The number of alkyl carbamates (subject to hydrolysis) is 1. The predicted octanol–water partition coefficient (Wildman–Crippen LogP) is 3.14. The molecule has 0 bridgehead atoms. The second kappa shape index (κ2) is 15.2. The van der Waals surface area contributed by atoms with Crippen LogP contribution in [0.1, 0.15) is 59.9 Å². The molecule has 0 aromatic heterocycles. The third-order valence-electron chi connectivity index (χ3n) is 3.87. The fourth-order valence-electron chi connectivity index (χ4n) is 2.05. The normalized spacial score (nSPS) is 11.6. The van der Waals surface area contributed by atoms with Crippen molar-refractivity contribution >= 4 is 18.0 Å². The van der Waals surface area contributed by atoms with E-state index in [-0.39, 0.29) is 31.1 Å². The van der Waals surface area contributed by atoms with Crippen molar-refractivity contribution in [3.63, 3.8) is 0 Å². The molecule has 1 unspecified atom stereocenters. The molecule has 0 radical (unpaired) electrons. The highest BCUT2D eigenvalue weighted by atomic mass is 16.6. The van der Waals surface area contributed by atoms with Crippen molar-refractivity contribution in [2.24, 2.45) is 11.7 Å². The van der Waals surface area contributed by atoms with E-state index in [0.29, 0.717) is 6.54 Å². The Balaban J connectivity index is 0.000000649. The highest BCUT2D eigenvalue weighted by Gasteiger charge is 2.18. The quantitative estimate of drug-likeness (QED) is 0.403. The number of nitrogens with one attached hydrogen (secondary N) is 2. The van der Waals surface area contributed by atoms with Crippen LogP contribution in [0.3, 0.4) is 0 Å². The predicted molar refractivity (Wildman–Crippen MR) is 121 cm³/mol. The summed E-state index contributed by atoms with van der Waals surface area (Å²) in [6, 6.07) is 8.74. The van der Waals surface area contributed by atoms with Gasteiger partial charge in [0.25, 0.3) is 0 Å². The first-order valence-corrected chi connectivity index (χ1v) is 10.7. The highest BCUT2D eigenvalue weighted by Crippen LogP contribution is 2.06. The zero-order valence-electron chi connectivity index (χ0n) is 19.7. The minimum atomic E-state index is -0.609. The molecule has 0 aliphatic heterocycles. The topological polar surface area (TPSA) is 120 Å². The molecule has 176 valence electrons. The molecule has 2 amide bonds. The van der Waals surface area contributed by atoms with Gasteiger partial charge in [0.2, 0.25) is 5.91 Å². The monoisotopic (exact) mass is 437 g/mol. The van der Waals surface area contributed by atoms with Gasteiger partial charge in [-0.25, -0.2) is 4.79 Å². The third kappa shape index (κ3) is 15.8. The van der Waals surface area contributed by atoms with Crippen LogP contribution in [0.4, 0.5) is 4.79 Å². The lowest BCUT2D eigenvalue weighted by Gasteiger charge is -2.19. The van der Waals surface area contributed by atoms with Gasteiger partial charge in [-0.1, -0.05) is 57.5 Å². The Morgan fingerprint density at radius 1 is 1.06 bits per heavy atom. The number of carbonyl (C=O) groups excluding carboxylic acids is 3. The van der Waals surface area contributed by atoms with Crippen molar-refractivity contribution in [1.29, 1.82) is 0 Å². The first-order chi connectivity index (χ1) is 14.5. The van der Waals surface area contributed by atoms with Gasteiger partial charge in [0.1, 0.15) is 18.8 Å². The van der Waals surface area contributed by atoms with E-state index in [9.17, 15) is 14.4 Å². The summed E-state index contributed by atoms with van der Waals surface area (Å²) < 4.78 is 10.1. The molecule has 1 rings (SSSR count). The molecule has 0 fully saturated rings. The van der Waals surface area contributed by atoms with Crippen molar-refractivity contribution in [2.75, 3.05) is 13.1 Å². The SMILES string of the molecule is CC(C)C(N)C(=O)NCC(=O)OCc1ccccc1.CCCCNC(=O)OC(C)(C)C. The molecule has 31 heavy (non-hydrogen) atoms. The second-order valence-electron chi connectivity index (χ2n) is 8.42. The minimum Gasteiger partial charge on any atom is -0.460 e. The minimum absolute atomic E-state index is 0.0281. The van der Waals surface area contributed by atoms with E-state index in [1.165, 1.54) is 0 Å². The molecular weight excluding hydrogens is 398 g/mol. The molecule has 0 heterocycles. The molecule has 8 heteroatoms. The van der Waals surface area contributed by atoms with Crippen LogP contribution >= 0.6 is 0 Å². The number of esters is 1. The largest absolute Gasteiger partial charge is 0.460 e. The summed E-state index contributed by atoms with van der Waals surface area (Å²) in [5.74, 6) is -0.792. The Hall–Kier alpha value is -2.61. The number of rotatable bonds is 9. The van der Waals surface area contributed by atoms with E-state index >= 15 is 0 Å². The Bertz CT molecular complexity index is 657. The number of unbranched alkanes of at least 4 members (excludes halogenated alkanes) is 1. The van der Waals surface area contributed by atoms with Crippen molar-refractivity contribution in [3.05, 3.63) is 35.9 Å². The number of ether oxygens (including phenoxy) is 2. The van der Waals surface area contributed by atoms with Gasteiger partial charge in [0.05, 0.1) is 6.04 Å². The van der Waals surface area contributed by atoms with Crippen LogP contribution in [0.25, 0.3) is 0 Å². The van der Waals surface area contributed by atoms with Crippen LogP contribution in [-0.4, -0.2) is 42.7 Å². The van der Waals surface area contributed by atoms with E-state index < -0.39 is 17.6 Å². The van der Waals surface area contributed by atoms with Gasteiger partial charge in [-0.05, 0) is 38.7 Å². The molecule has 1 aromatic carbocycles. The van der Waals surface area contributed by atoms with Gasteiger partial charge in [-0.15, -0.1) is 0 Å². The smallest absolute Gasteiger partial charge is 0.407 e. The van der Waals surface area contributed by atoms with Crippen molar-refractivity contribution in [3.8, 4) is 0 Å². The van der Waals surface area contributed by atoms with E-state index in [2.05, 4.69) is 17.6 Å². The second-order valence-corrected chi connectivity index (χ2v) is 8.42. The van der Waals surface area contributed by atoms with Crippen LogP contribution in [0.15, 0.2) is 30.3 Å². The molecule has 0 aliphatic rings. The molecule has 0 saturated carbocycles. The standard InChI is InChI=1S/C14H20N2O3.C9H19NO2/c1-10(2)13(15)14(18)16-8-12(17)19-9-11-6-4-3-5-7-11;1-5-6-7-10-8(11)12-9(2,3)4/h3-7,10,13H,8-9,15H2,1-2H3,(H,16,18);5-7H2,1-4H3,(H,10,11). The number of benzene rings is 1. The van der Waals surface area contributed by atoms with Gasteiger partial charge in [0, 0.05) is 6.54 Å². The van der Waals surface area contributed by atoms with Crippen LogP contribution in [0.2, 0.25) is 0 Å². The molecule has 0 saturated heterocycles. The summed E-state index contributed by atoms with van der Waals surface area (Å²) in [5, 5.41) is 5.14. The van der Waals surface area contributed by atoms with Crippen LogP contribution < -0.4 is 16.4 Å². The average Bonchev–Trinajstić information content (AvgIpc) is 2.70. The lowest BCUT2D eigenvalue weighted by molar-refractivity contribution is -0.145. The van der Waals surface area contributed by atoms with Crippen LogP contribution in [0.5, 0.6) is 0 Å². The number of hydrogen-bond acceptors (Lipinski definition) is 6. The molecule has 0 aliphatic carbocycles. The molecule has 1 aromatic rings. The van der Waals surface area contributed by atoms with Gasteiger partial charge in [0.15, 0.2) is 0 Å². The Kier molecular flexibility index (Phi) is 13.9. The van der Waals surface area contributed by atoms with Crippen molar-refractivity contribution in [2.45, 2.75) is 72.6 Å². The fraction of sp³-hybridized carbons (Fsp3) is 0.609. The van der Waals surface area contributed by atoms with E-state index in [0.717, 1.165) is 18.4 Å².